The van der Waals surface area contributed by atoms with Crippen molar-refractivity contribution < 1.29 is 138 Å². The van der Waals surface area contributed by atoms with E-state index in [0.717, 1.165) is 105 Å². The average molecular weight is 1850 g/mol. The third-order valence-corrected chi connectivity index (χ3v) is 23.4. The van der Waals surface area contributed by atoms with Gasteiger partial charge in [-0.25, -0.2) is 4.79 Å². The Morgan fingerprint density at radius 1 is 0.566 bits per heavy atom. The smallest absolute Gasteiger partial charge is 0.335 e. The summed E-state index contributed by atoms with van der Waals surface area (Å²) in [5.41, 5.74) is -2.68. The third kappa shape index (κ3) is 22.0. The number of aliphatic hydroxyl groups is 7. The zero-order valence-electron chi connectivity index (χ0n) is 70.1. The number of ether oxygens (including phenoxy) is 7. The van der Waals surface area contributed by atoms with Gasteiger partial charge in [-0.2, -0.15) is 0 Å². The van der Waals surface area contributed by atoms with Crippen molar-refractivity contribution in [1.82, 2.24) is 52.8 Å². The van der Waals surface area contributed by atoms with E-state index in [4.69, 9.17) is 56.4 Å². The van der Waals surface area contributed by atoms with Gasteiger partial charge in [0, 0.05) is 48.2 Å². The number of aromatic hydroxyl groups is 4. The molecule has 18 atom stereocenters. The number of phenols is 4. The zero-order valence-corrected chi connectivity index (χ0v) is 72.5. The van der Waals surface area contributed by atoms with Gasteiger partial charge in [0.05, 0.1) is 16.7 Å². The Morgan fingerprint density at radius 2 is 1.21 bits per heavy atom. The van der Waals surface area contributed by atoms with E-state index in [1.807, 2.05) is 0 Å². The molecule has 0 unspecified atom stereocenters. The SMILES string of the molecule is CN[C@H]1C(=O)N[C@@H]2Cc3ccc(cc3)Oc3cc4cc(c3O[C@@H]3O[C@H](C(=O)O)[C@@H](O)[C@H](O)[C@H]3NC(=O)CCCCCCCCC(C)C)Oc3ccc(cc3Cl)[C@@H](O)[C@@H]3NC(=O)[C@H](NC(=O)[C@@H]4NC(=O)[C@@H](NC2=O)c2cc(cc(O)c2Cl)Oc2cc1ccc2O)c1ccc(O)c(c1)-c1c(O[C@H]2O[C@H](CO)[C@@H](O)[C@H](O)[C@@H]2O)cc(O)cc1[C@@H](C(=O)NCCCN(C)C)NC3=O.Cl. The van der Waals surface area contributed by atoms with Gasteiger partial charge in [-0.1, -0.05) is 106 Å². The van der Waals surface area contributed by atoms with Crippen molar-refractivity contribution >= 4 is 88.8 Å². The molecule has 129 heavy (non-hydrogen) atoms. The first-order valence-electron chi connectivity index (χ1n) is 41.5. The Balaban J connectivity index is 0.0000151. The summed E-state index contributed by atoms with van der Waals surface area (Å²) in [6.07, 6.45) is -15.8. The van der Waals surface area contributed by atoms with Crippen molar-refractivity contribution in [3.63, 3.8) is 0 Å². The molecule has 0 spiro atoms. The molecule has 0 saturated carbocycles. The number of aliphatic hydroxyl groups excluding tert-OH is 7. The van der Waals surface area contributed by atoms with Crippen LogP contribution in [0.5, 0.6) is 69.0 Å². The van der Waals surface area contributed by atoms with Crippen molar-refractivity contribution in [2.45, 2.75) is 188 Å². The summed E-state index contributed by atoms with van der Waals surface area (Å²) in [5.74, 6) is -17.5. The summed E-state index contributed by atoms with van der Waals surface area (Å²) in [7, 11) is 4.95. The van der Waals surface area contributed by atoms with E-state index in [2.05, 4.69) is 61.7 Å². The second-order valence-electron chi connectivity index (χ2n) is 32.7. The van der Waals surface area contributed by atoms with Crippen LogP contribution in [-0.4, -0.2) is 234 Å². The highest BCUT2D eigenvalue weighted by molar-refractivity contribution is 6.33. The lowest BCUT2D eigenvalue weighted by Crippen LogP contribution is -2.66. The van der Waals surface area contributed by atoms with Crippen LogP contribution >= 0.6 is 35.6 Å². The summed E-state index contributed by atoms with van der Waals surface area (Å²) in [6, 6.07) is 5.68. The molecule has 0 aliphatic carbocycles. The number of nitrogens with one attached hydrogen (secondary N) is 9. The highest BCUT2D eigenvalue weighted by Gasteiger charge is 2.52. The number of nitrogens with zero attached hydrogens (tertiary/aromatic N) is 1. The van der Waals surface area contributed by atoms with E-state index in [-0.39, 0.29) is 60.2 Å². The fraction of sp³-hybridized carbons (Fsp3) is 0.420. The number of fused-ring (bicyclic) bond motifs is 14. The number of amides is 8. The first-order chi connectivity index (χ1) is 61.1. The van der Waals surface area contributed by atoms with E-state index in [1.54, 1.807) is 19.0 Å². The summed E-state index contributed by atoms with van der Waals surface area (Å²) in [5, 5.41) is 161. The number of benzene rings is 7. The Bertz CT molecular complexity index is 5350. The molecule has 8 aliphatic heterocycles. The molecule has 7 aromatic carbocycles. The number of hydrogen-bond donors (Lipinski definition) is 21. The number of likely N-dealkylation sites (N-methyl/N-ethyl adjacent to an activating group) is 1. The Morgan fingerprint density at radius 3 is 1.90 bits per heavy atom. The second-order valence-corrected chi connectivity index (χ2v) is 33.5. The molecule has 41 heteroatoms. The fourth-order valence-corrected chi connectivity index (χ4v) is 16.4. The first-order valence-corrected chi connectivity index (χ1v) is 42.3. The largest absolute Gasteiger partial charge is 0.508 e. The molecule has 8 aliphatic rings. The minimum atomic E-state index is -2.45. The van der Waals surface area contributed by atoms with Gasteiger partial charge >= 0.3 is 5.97 Å². The predicted molar refractivity (Wildman–Crippen MR) is 459 cm³/mol. The lowest BCUT2D eigenvalue weighted by molar-refractivity contribution is -0.277. The monoisotopic (exact) mass is 1850 g/mol. The van der Waals surface area contributed by atoms with Crippen molar-refractivity contribution in [2.24, 2.45) is 5.92 Å². The molecule has 8 heterocycles. The standard InChI is InChI=1S/C88H100Cl2N10O28.ClH/c1-38(2)13-10-8-6-7-9-11-14-61(106)94-70-73(109)75(111)78(86(120)121)128-87(70)127-77-58-31-43-32-59(77)124-55-24-19-42(29-50(55)89)71(107)69-85(119)98-67(80(114)92-25-12-26-100(4)5)48-33-44(102)34-57(125-88-76(112)74(110)72(108)60(37-101)126-88)62(48)47-28-40(17-22-52(47)103)65(82(116)99-69)95-83(117)66(43)96-84(118)68-49-35-46(36-54(105)63(49)90)123-56-30-41(18-23-53(56)104)64(91-3)81(115)93-51(79(113)97-68)27-39-15-20-45(122-58)21-16-39;/h15-24,28-36,38,51,60,64-76,78,87-88,91,101-105,107-112H,6-14,25-27,37H2,1-5H3,(H,92,114)(H,93,115)(H,94,106)(H,95,117)(H,96,118)(H,97,113)(H,98,119)(H,99,116)(H,120,121);1H/t51-,60-,64-,65-,66-,67+,68+,69+,70-,71-,72-,73-,74+,75+,76+,78+,87-,88+;/m1./s1. The van der Waals surface area contributed by atoms with Crippen LogP contribution in [0.15, 0.2) is 115 Å². The molecule has 0 aromatic heterocycles. The second kappa shape index (κ2) is 41.9. The van der Waals surface area contributed by atoms with Crippen LogP contribution in [0.2, 0.25) is 10.0 Å². The van der Waals surface area contributed by atoms with Crippen LogP contribution < -0.4 is 71.5 Å². The normalized spacial score (nSPS) is 25.6. The summed E-state index contributed by atoms with van der Waals surface area (Å²) in [6.45, 7) is 3.61. The van der Waals surface area contributed by atoms with E-state index in [0.29, 0.717) is 30.9 Å². The number of hydrogen-bond acceptors (Lipinski definition) is 29. The summed E-state index contributed by atoms with van der Waals surface area (Å²) < 4.78 is 44.5. The number of phenolic OH excluding ortho intramolecular Hbond substituents is 4. The number of carboxylic acids is 1. The maximum atomic E-state index is 16.8. The Labute approximate surface area is 754 Å². The minimum absolute atomic E-state index is 0. The molecular weight excluding hydrogens is 1750 g/mol. The van der Waals surface area contributed by atoms with E-state index in [1.165, 1.54) is 49.5 Å². The molecule has 0 radical (unpaired) electrons. The molecule has 2 fully saturated rings. The number of aliphatic carboxylic acids is 1. The maximum Gasteiger partial charge on any atom is 0.335 e. The molecule has 8 amide bonds. The van der Waals surface area contributed by atoms with Crippen LogP contribution in [-0.2, 0) is 59.0 Å². The minimum Gasteiger partial charge on any atom is -0.508 e. The van der Waals surface area contributed by atoms with Crippen LogP contribution in [0, 0.1) is 5.92 Å². The van der Waals surface area contributed by atoms with Crippen molar-refractivity contribution in [3.8, 4) is 80.1 Å². The highest BCUT2D eigenvalue weighted by atomic mass is 35.5. The molecular formula is C88H101Cl3N10O28. The maximum absolute atomic E-state index is 16.8. The molecule has 21 N–H and O–H groups in total. The van der Waals surface area contributed by atoms with E-state index < -0.39 is 271 Å². The van der Waals surface area contributed by atoms with Gasteiger partial charge in [0.25, 0.3) is 0 Å². The van der Waals surface area contributed by atoms with Crippen molar-refractivity contribution in [3.05, 3.63) is 164 Å². The topological polar surface area (TPSA) is 573 Å². The summed E-state index contributed by atoms with van der Waals surface area (Å²) >= 11 is 14.3. The van der Waals surface area contributed by atoms with E-state index in [9.17, 15) is 75.7 Å². The molecule has 692 valence electrons. The Hall–Kier alpha value is -11.6. The van der Waals surface area contributed by atoms with Crippen LogP contribution in [0.3, 0.4) is 0 Å². The zero-order chi connectivity index (χ0) is 92.0. The third-order valence-electron chi connectivity index (χ3n) is 22.7. The number of halogens is 3. The molecule has 17 bridgehead atoms. The average Bonchev–Trinajstić information content (AvgIpc) is 0.752. The number of unbranched alkanes of at least 4 members (excludes halogenated alkanes) is 5. The highest BCUT2D eigenvalue weighted by Crippen LogP contribution is 2.51. The van der Waals surface area contributed by atoms with Crippen molar-refractivity contribution in [2.75, 3.05) is 40.8 Å². The van der Waals surface area contributed by atoms with Gasteiger partial charge in [-0.3, -0.25) is 38.4 Å². The molecule has 15 rings (SSSR count). The van der Waals surface area contributed by atoms with Gasteiger partial charge in [0.2, 0.25) is 65.6 Å². The number of carbonyl (C=O) groups is 9. The van der Waals surface area contributed by atoms with Gasteiger partial charge < -0.3 is 147 Å². The van der Waals surface area contributed by atoms with Crippen LogP contribution in [0.25, 0.3) is 11.1 Å². The van der Waals surface area contributed by atoms with Gasteiger partial charge in [0.1, 0.15) is 131 Å². The van der Waals surface area contributed by atoms with Crippen molar-refractivity contribution in [1.29, 1.82) is 0 Å². The Kier molecular flexibility index (Phi) is 31.3. The number of rotatable bonds is 22. The predicted octanol–water partition coefficient (Wildman–Crippen LogP) is 4.59. The van der Waals surface area contributed by atoms with Crippen LogP contribution in [0.1, 0.15) is 147 Å². The number of carbonyl (C=O) groups excluding carboxylic acids is 8. The van der Waals surface area contributed by atoms with E-state index >= 15 is 28.8 Å². The first kappa shape index (κ1) is 96.5. The summed E-state index contributed by atoms with van der Waals surface area (Å²) in [4.78, 5) is 140. The van der Waals surface area contributed by atoms with Gasteiger partial charge in [-0.05, 0) is 153 Å². The lowest BCUT2D eigenvalue weighted by atomic mass is 9.89. The number of carboxylic acid groups (broad SMARTS) is 1. The van der Waals surface area contributed by atoms with Gasteiger partial charge in [0.15, 0.2) is 29.1 Å². The molecule has 38 nitrogen and oxygen atoms in total. The van der Waals surface area contributed by atoms with Gasteiger partial charge in [-0.15, -0.1) is 12.4 Å². The molecule has 7 aromatic rings. The fourth-order valence-electron chi connectivity index (χ4n) is 15.9. The lowest BCUT2D eigenvalue weighted by Gasteiger charge is -2.41. The molecule has 2 saturated heterocycles. The quantitative estimate of drug-likeness (QED) is 0.0413. The van der Waals surface area contributed by atoms with Crippen LogP contribution in [0.4, 0.5) is 0 Å².